The van der Waals surface area contributed by atoms with E-state index in [1.54, 1.807) is 25.1 Å². The van der Waals surface area contributed by atoms with Gasteiger partial charge in [0.05, 0.1) is 18.7 Å². The minimum atomic E-state index is -0.425. The Kier molecular flexibility index (Phi) is 3.33. The molecule has 1 rings (SSSR count). The summed E-state index contributed by atoms with van der Waals surface area (Å²) in [7, 11) is 1.53. The van der Waals surface area contributed by atoms with Crippen molar-refractivity contribution in [3.8, 4) is 11.5 Å². The summed E-state index contributed by atoms with van der Waals surface area (Å²) in [6.07, 6.45) is 0. The number of nitrogens with two attached hydrogens (primary N) is 2. The Morgan fingerprint density at radius 3 is 2.50 bits per heavy atom. The smallest absolute Gasteiger partial charge is 0.127 e. The van der Waals surface area contributed by atoms with Crippen LogP contribution >= 0.6 is 0 Å². The van der Waals surface area contributed by atoms with Crippen LogP contribution < -0.4 is 16.2 Å². The Balaban J connectivity index is 3.16. The highest BCUT2D eigenvalue weighted by Crippen LogP contribution is 2.32. The molecule has 0 aliphatic heterocycles. The van der Waals surface area contributed by atoms with Crippen LogP contribution in [0.15, 0.2) is 18.2 Å². The molecular formula is C10H16N2O2. The topological polar surface area (TPSA) is 81.5 Å². The van der Waals surface area contributed by atoms with Crippen LogP contribution in [0.5, 0.6) is 11.5 Å². The molecule has 0 radical (unpaired) electrons. The Morgan fingerprint density at radius 1 is 1.36 bits per heavy atom. The van der Waals surface area contributed by atoms with Crippen molar-refractivity contribution >= 4 is 0 Å². The Bertz CT molecular complexity index is 313. The molecule has 4 nitrogen and oxygen atoms in total. The van der Waals surface area contributed by atoms with E-state index in [2.05, 4.69) is 0 Å². The van der Waals surface area contributed by atoms with Gasteiger partial charge in [-0.3, -0.25) is 0 Å². The van der Waals surface area contributed by atoms with Gasteiger partial charge in [0.15, 0.2) is 0 Å². The summed E-state index contributed by atoms with van der Waals surface area (Å²) in [4.78, 5) is 0. The normalized spacial score (nSPS) is 14.9. The van der Waals surface area contributed by atoms with E-state index in [-0.39, 0.29) is 11.8 Å². The fraction of sp³-hybridized carbons (Fsp3) is 0.400. The van der Waals surface area contributed by atoms with E-state index in [0.717, 1.165) is 0 Å². The quantitative estimate of drug-likeness (QED) is 0.666. The highest BCUT2D eigenvalue weighted by atomic mass is 16.5. The maximum atomic E-state index is 9.63. The van der Waals surface area contributed by atoms with E-state index >= 15 is 0 Å². The van der Waals surface area contributed by atoms with Crippen LogP contribution in [0.2, 0.25) is 0 Å². The number of methoxy groups -OCH3 is 1. The second-order valence-electron chi connectivity index (χ2n) is 3.28. The molecule has 0 amide bonds. The zero-order chi connectivity index (χ0) is 10.7. The molecule has 0 heterocycles. The lowest BCUT2D eigenvalue weighted by molar-refractivity contribution is 0.388. The van der Waals surface area contributed by atoms with Gasteiger partial charge in [-0.05, 0) is 19.1 Å². The minimum Gasteiger partial charge on any atom is -0.507 e. The summed E-state index contributed by atoms with van der Waals surface area (Å²) in [5.74, 6) is 0.684. The van der Waals surface area contributed by atoms with Crippen LogP contribution in [0.4, 0.5) is 0 Å². The number of aromatic hydroxyl groups is 1. The van der Waals surface area contributed by atoms with Gasteiger partial charge in [-0.15, -0.1) is 0 Å². The monoisotopic (exact) mass is 196 g/mol. The summed E-state index contributed by atoms with van der Waals surface area (Å²) in [5.41, 5.74) is 12.1. The van der Waals surface area contributed by atoms with Gasteiger partial charge in [-0.1, -0.05) is 6.07 Å². The van der Waals surface area contributed by atoms with Gasteiger partial charge < -0.3 is 21.3 Å². The first-order chi connectivity index (χ1) is 6.57. The molecule has 5 N–H and O–H groups in total. The third kappa shape index (κ3) is 1.97. The zero-order valence-electron chi connectivity index (χ0n) is 8.40. The molecule has 14 heavy (non-hydrogen) atoms. The average molecular weight is 196 g/mol. The Labute approximate surface area is 83.5 Å². The maximum Gasteiger partial charge on any atom is 0.127 e. The van der Waals surface area contributed by atoms with Crippen molar-refractivity contribution in [1.29, 1.82) is 0 Å². The van der Waals surface area contributed by atoms with Gasteiger partial charge in [0.2, 0.25) is 0 Å². The molecule has 0 saturated heterocycles. The van der Waals surface area contributed by atoms with Crippen molar-refractivity contribution in [3.05, 3.63) is 23.8 Å². The van der Waals surface area contributed by atoms with Gasteiger partial charge in [-0.25, -0.2) is 0 Å². The number of phenolic OH excluding ortho intramolecular Hbond substituents is 1. The van der Waals surface area contributed by atoms with Crippen molar-refractivity contribution < 1.29 is 9.84 Å². The van der Waals surface area contributed by atoms with Gasteiger partial charge in [0, 0.05) is 6.04 Å². The fourth-order valence-electron chi connectivity index (χ4n) is 1.31. The lowest BCUT2D eigenvalue weighted by Gasteiger charge is -2.19. The van der Waals surface area contributed by atoms with Crippen LogP contribution in [0, 0.1) is 0 Å². The van der Waals surface area contributed by atoms with Crippen molar-refractivity contribution in [2.24, 2.45) is 11.5 Å². The van der Waals surface area contributed by atoms with Crippen LogP contribution in [0.25, 0.3) is 0 Å². The van der Waals surface area contributed by atoms with Gasteiger partial charge >= 0.3 is 0 Å². The van der Waals surface area contributed by atoms with Crippen molar-refractivity contribution in [2.75, 3.05) is 7.11 Å². The molecule has 0 aromatic heterocycles. The average Bonchev–Trinajstić information content (AvgIpc) is 2.16. The van der Waals surface area contributed by atoms with E-state index in [1.807, 2.05) is 0 Å². The molecule has 0 unspecified atom stereocenters. The van der Waals surface area contributed by atoms with Gasteiger partial charge in [0.25, 0.3) is 0 Å². The van der Waals surface area contributed by atoms with Crippen molar-refractivity contribution in [2.45, 2.75) is 19.0 Å². The van der Waals surface area contributed by atoms with Gasteiger partial charge in [-0.2, -0.15) is 0 Å². The molecule has 4 heteroatoms. The van der Waals surface area contributed by atoms with Crippen molar-refractivity contribution in [1.82, 2.24) is 0 Å². The second-order valence-corrected chi connectivity index (χ2v) is 3.28. The van der Waals surface area contributed by atoms with Crippen LogP contribution in [-0.2, 0) is 0 Å². The standard InChI is InChI=1S/C10H16N2O2/c1-6(11)10(12)9-7(13)4-3-5-8(9)14-2/h3-6,10,13H,11-12H2,1-2H3/t6-,10+/m0/s1. The maximum absolute atomic E-state index is 9.63. The summed E-state index contributed by atoms with van der Waals surface area (Å²) < 4.78 is 5.10. The first-order valence-corrected chi connectivity index (χ1v) is 4.45. The Hall–Kier alpha value is -1.26. The van der Waals surface area contributed by atoms with Gasteiger partial charge in [0.1, 0.15) is 11.5 Å². The SMILES string of the molecule is COc1cccc(O)c1[C@H](N)[C@H](C)N. The number of hydrogen-bond acceptors (Lipinski definition) is 4. The first kappa shape index (κ1) is 10.8. The molecule has 0 spiro atoms. The molecule has 2 atom stereocenters. The van der Waals surface area contributed by atoms with Crippen LogP contribution in [-0.4, -0.2) is 18.3 Å². The van der Waals surface area contributed by atoms with E-state index in [4.69, 9.17) is 16.2 Å². The fourth-order valence-corrected chi connectivity index (χ4v) is 1.31. The molecular weight excluding hydrogens is 180 g/mol. The lowest BCUT2D eigenvalue weighted by atomic mass is 10.00. The largest absolute Gasteiger partial charge is 0.507 e. The molecule has 0 saturated carbocycles. The van der Waals surface area contributed by atoms with E-state index in [1.165, 1.54) is 7.11 Å². The third-order valence-corrected chi connectivity index (χ3v) is 2.16. The highest BCUT2D eigenvalue weighted by Gasteiger charge is 2.19. The molecule has 0 bridgehead atoms. The molecule has 0 aliphatic carbocycles. The van der Waals surface area contributed by atoms with Crippen molar-refractivity contribution in [3.63, 3.8) is 0 Å². The van der Waals surface area contributed by atoms with E-state index in [0.29, 0.717) is 11.3 Å². The predicted octanol–water partition coefficient (Wildman–Crippen LogP) is 0.748. The summed E-state index contributed by atoms with van der Waals surface area (Å²) in [6, 6.07) is 4.35. The number of ether oxygens (including phenoxy) is 1. The number of rotatable bonds is 3. The molecule has 0 aliphatic rings. The minimum absolute atomic E-state index is 0.120. The van der Waals surface area contributed by atoms with Crippen LogP contribution in [0.1, 0.15) is 18.5 Å². The Morgan fingerprint density at radius 2 is 2.00 bits per heavy atom. The molecule has 0 fully saturated rings. The van der Waals surface area contributed by atoms with E-state index < -0.39 is 6.04 Å². The number of benzene rings is 1. The number of hydrogen-bond donors (Lipinski definition) is 3. The van der Waals surface area contributed by atoms with Crippen LogP contribution in [0.3, 0.4) is 0 Å². The molecule has 1 aromatic carbocycles. The highest BCUT2D eigenvalue weighted by molar-refractivity contribution is 5.46. The lowest BCUT2D eigenvalue weighted by Crippen LogP contribution is -2.31. The predicted molar refractivity (Wildman–Crippen MR) is 55.2 cm³/mol. The summed E-state index contributed by atoms with van der Waals surface area (Å²) in [5, 5.41) is 9.63. The zero-order valence-corrected chi connectivity index (χ0v) is 8.40. The third-order valence-electron chi connectivity index (χ3n) is 2.16. The number of phenols is 1. The van der Waals surface area contributed by atoms with E-state index in [9.17, 15) is 5.11 Å². The second kappa shape index (κ2) is 4.30. The molecule has 78 valence electrons. The summed E-state index contributed by atoms with van der Waals surface area (Å²) >= 11 is 0. The molecule has 1 aromatic rings. The first-order valence-electron chi connectivity index (χ1n) is 4.45. The summed E-state index contributed by atoms with van der Waals surface area (Å²) in [6.45, 7) is 1.79.